The Balaban J connectivity index is 1.43. The molecular weight excluding hydrogens is 451 g/mol. The van der Waals surface area contributed by atoms with E-state index in [9.17, 15) is 27.6 Å². The van der Waals surface area contributed by atoms with Gasteiger partial charge < -0.3 is 20.6 Å². The lowest BCUT2D eigenvalue weighted by Gasteiger charge is -2.11. The first-order valence-electron chi connectivity index (χ1n) is 10.1. The van der Waals surface area contributed by atoms with E-state index >= 15 is 0 Å². The van der Waals surface area contributed by atoms with Crippen molar-refractivity contribution in [3.8, 4) is 11.1 Å². The number of alkyl halides is 3. The number of aliphatic carboxylic acids is 1. The maximum absolute atomic E-state index is 12.8. The van der Waals surface area contributed by atoms with Gasteiger partial charge in [0.05, 0.1) is 5.56 Å². The van der Waals surface area contributed by atoms with Crippen molar-refractivity contribution in [1.29, 1.82) is 0 Å². The number of urea groups is 1. The number of hydrogen-bond donors (Lipinski definition) is 3. The fourth-order valence-corrected chi connectivity index (χ4v) is 3.64. The van der Waals surface area contributed by atoms with Crippen LogP contribution >= 0.6 is 0 Å². The number of carbonyl (C=O) groups is 3. The molecule has 0 radical (unpaired) electrons. The van der Waals surface area contributed by atoms with Gasteiger partial charge in [0.25, 0.3) is 5.91 Å². The van der Waals surface area contributed by atoms with Gasteiger partial charge in [0.2, 0.25) is 0 Å². The van der Waals surface area contributed by atoms with Gasteiger partial charge in [-0.25, -0.2) is 4.79 Å². The average Bonchev–Trinajstić information content (AvgIpc) is 3.08. The van der Waals surface area contributed by atoms with Crippen LogP contribution in [0.25, 0.3) is 11.1 Å². The van der Waals surface area contributed by atoms with Crippen LogP contribution in [0.1, 0.15) is 21.5 Å². The number of fused-ring (bicyclic) bond motifs is 1. The number of carboxylic acids is 1. The molecule has 0 saturated carbocycles. The largest absolute Gasteiger partial charge is 0.480 e. The Kier molecular flexibility index (Phi) is 5.97. The number of amides is 3. The molecule has 0 unspecified atom stereocenters. The van der Waals surface area contributed by atoms with E-state index in [1.165, 1.54) is 17.0 Å². The molecule has 0 aromatic heterocycles. The second kappa shape index (κ2) is 8.89. The molecule has 7 nitrogen and oxygen atoms in total. The highest BCUT2D eigenvalue weighted by Crippen LogP contribution is 2.31. The lowest BCUT2D eigenvalue weighted by Crippen LogP contribution is -2.29. The van der Waals surface area contributed by atoms with E-state index in [2.05, 4.69) is 10.6 Å². The standard InChI is InChI=1S/C24H18F3N3O4/c25-24(26,27)17-2-1-3-19(11-17)29-23(34)28-18-8-6-14(7-9-18)15-4-5-16-12-30(13-21(31)32)22(33)20(16)10-15/h1-11H,12-13H2,(H,31,32)(H2,28,29,34). The third-order valence-electron chi connectivity index (χ3n) is 5.24. The molecule has 10 heteroatoms. The summed E-state index contributed by atoms with van der Waals surface area (Å²) in [6, 6.07) is 15.6. The fraction of sp³-hybridized carbons (Fsp3) is 0.125. The van der Waals surface area contributed by atoms with Crippen molar-refractivity contribution >= 4 is 29.3 Å². The molecule has 1 aliphatic rings. The highest BCUT2D eigenvalue weighted by atomic mass is 19.4. The minimum atomic E-state index is -4.51. The Morgan fingerprint density at radius 2 is 1.59 bits per heavy atom. The molecule has 3 aromatic rings. The zero-order valence-corrected chi connectivity index (χ0v) is 17.5. The van der Waals surface area contributed by atoms with Crippen LogP contribution < -0.4 is 10.6 Å². The Morgan fingerprint density at radius 1 is 0.912 bits per heavy atom. The van der Waals surface area contributed by atoms with Crippen LogP contribution in [-0.2, 0) is 17.5 Å². The number of benzene rings is 3. The van der Waals surface area contributed by atoms with Crippen molar-refractivity contribution in [1.82, 2.24) is 4.90 Å². The molecular formula is C24H18F3N3O4. The monoisotopic (exact) mass is 469 g/mol. The van der Waals surface area contributed by atoms with E-state index in [1.54, 1.807) is 36.4 Å². The number of hydrogen-bond acceptors (Lipinski definition) is 3. The minimum Gasteiger partial charge on any atom is -0.480 e. The number of anilines is 2. The van der Waals surface area contributed by atoms with Gasteiger partial charge in [0.15, 0.2) is 0 Å². The number of nitrogens with zero attached hydrogens (tertiary/aromatic N) is 1. The highest BCUT2D eigenvalue weighted by Gasteiger charge is 2.31. The molecule has 3 N–H and O–H groups in total. The van der Waals surface area contributed by atoms with Crippen molar-refractivity contribution in [3.05, 3.63) is 83.4 Å². The quantitative estimate of drug-likeness (QED) is 0.487. The molecule has 0 fully saturated rings. The molecule has 0 aliphatic carbocycles. The van der Waals surface area contributed by atoms with Crippen molar-refractivity contribution in [2.45, 2.75) is 12.7 Å². The summed E-state index contributed by atoms with van der Waals surface area (Å²) in [6.45, 7) is -0.129. The first-order valence-corrected chi connectivity index (χ1v) is 10.1. The zero-order valence-electron chi connectivity index (χ0n) is 17.5. The van der Waals surface area contributed by atoms with E-state index in [0.717, 1.165) is 28.8 Å². The van der Waals surface area contributed by atoms with Gasteiger partial charge in [-0.15, -0.1) is 0 Å². The summed E-state index contributed by atoms with van der Waals surface area (Å²) in [6.07, 6.45) is -4.51. The maximum atomic E-state index is 12.8. The van der Waals surface area contributed by atoms with Crippen LogP contribution in [-0.4, -0.2) is 34.5 Å². The van der Waals surface area contributed by atoms with Gasteiger partial charge in [-0.05, 0) is 53.1 Å². The summed E-state index contributed by atoms with van der Waals surface area (Å²) in [7, 11) is 0. The van der Waals surface area contributed by atoms with Crippen molar-refractivity contribution in [3.63, 3.8) is 0 Å². The SMILES string of the molecule is O=C(O)CN1Cc2ccc(-c3ccc(NC(=O)Nc4cccc(C(F)(F)F)c4)cc3)cc2C1=O. The Labute approximate surface area is 191 Å². The summed E-state index contributed by atoms with van der Waals surface area (Å²) in [5.74, 6) is -1.43. The van der Waals surface area contributed by atoms with Crippen molar-refractivity contribution < 1.29 is 32.7 Å². The summed E-state index contributed by atoms with van der Waals surface area (Å²) in [4.78, 5) is 36.8. The van der Waals surface area contributed by atoms with E-state index < -0.39 is 23.7 Å². The summed E-state index contributed by atoms with van der Waals surface area (Å²) in [5, 5.41) is 13.9. The first-order chi connectivity index (χ1) is 16.1. The molecule has 1 aliphatic heterocycles. The highest BCUT2D eigenvalue weighted by molar-refractivity contribution is 6.01. The molecule has 0 spiro atoms. The second-order valence-electron chi connectivity index (χ2n) is 7.66. The van der Waals surface area contributed by atoms with Crippen LogP contribution in [0.4, 0.5) is 29.3 Å². The molecule has 0 bridgehead atoms. The zero-order chi connectivity index (χ0) is 24.5. The van der Waals surface area contributed by atoms with Gasteiger partial charge in [-0.3, -0.25) is 9.59 Å². The number of carbonyl (C=O) groups excluding carboxylic acids is 2. The van der Waals surface area contributed by atoms with Crippen LogP contribution in [0.5, 0.6) is 0 Å². The molecule has 0 atom stereocenters. The summed E-state index contributed by atoms with van der Waals surface area (Å²) >= 11 is 0. The molecule has 4 rings (SSSR count). The number of nitrogens with one attached hydrogen (secondary N) is 2. The predicted octanol–water partition coefficient (Wildman–Crippen LogP) is 5.06. The van der Waals surface area contributed by atoms with Crippen molar-refractivity contribution in [2.24, 2.45) is 0 Å². The van der Waals surface area contributed by atoms with Gasteiger partial charge in [-0.1, -0.05) is 30.3 Å². The minimum absolute atomic E-state index is 0.00342. The van der Waals surface area contributed by atoms with Gasteiger partial charge >= 0.3 is 18.2 Å². The van der Waals surface area contributed by atoms with E-state index in [0.29, 0.717) is 11.3 Å². The maximum Gasteiger partial charge on any atom is 0.416 e. The Morgan fingerprint density at radius 3 is 2.26 bits per heavy atom. The summed E-state index contributed by atoms with van der Waals surface area (Å²) in [5.41, 5.74) is 2.25. The molecule has 174 valence electrons. The Bertz CT molecular complexity index is 1270. The lowest BCUT2D eigenvalue weighted by molar-refractivity contribution is -0.138. The predicted molar refractivity (Wildman–Crippen MR) is 118 cm³/mol. The number of carboxylic acid groups (broad SMARTS) is 1. The van der Waals surface area contributed by atoms with Crippen molar-refractivity contribution in [2.75, 3.05) is 17.2 Å². The normalized spacial score (nSPS) is 12.9. The second-order valence-corrected chi connectivity index (χ2v) is 7.66. The molecule has 3 aromatic carbocycles. The molecule has 0 saturated heterocycles. The lowest BCUT2D eigenvalue weighted by atomic mass is 10.0. The van der Waals surface area contributed by atoms with E-state index in [4.69, 9.17) is 5.11 Å². The van der Waals surface area contributed by atoms with E-state index in [1.807, 2.05) is 6.07 Å². The van der Waals surface area contributed by atoms with E-state index in [-0.39, 0.29) is 24.7 Å². The van der Waals surface area contributed by atoms with Crippen LogP contribution in [0, 0.1) is 0 Å². The third kappa shape index (κ3) is 5.01. The molecule has 3 amide bonds. The summed E-state index contributed by atoms with van der Waals surface area (Å²) < 4.78 is 38.5. The number of rotatable bonds is 5. The number of halogens is 3. The first kappa shape index (κ1) is 22.8. The smallest absolute Gasteiger partial charge is 0.416 e. The third-order valence-corrected chi connectivity index (χ3v) is 5.24. The molecule has 34 heavy (non-hydrogen) atoms. The van der Waals surface area contributed by atoms with Gasteiger partial charge in [0, 0.05) is 23.5 Å². The van der Waals surface area contributed by atoms with Crippen LogP contribution in [0.15, 0.2) is 66.7 Å². The van der Waals surface area contributed by atoms with Gasteiger partial charge in [0.1, 0.15) is 6.54 Å². The van der Waals surface area contributed by atoms with Gasteiger partial charge in [-0.2, -0.15) is 13.2 Å². The van der Waals surface area contributed by atoms with Crippen LogP contribution in [0.3, 0.4) is 0 Å². The average molecular weight is 469 g/mol. The Hall–Kier alpha value is -4.34. The topological polar surface area (TPSA) is 98.7 Å². The van der Waals surface area contributed by atoms with Crippen LogP contribution in [0.2, 0.25) is 0 Å². The fourth-order valence-electron chi connectivity index (χ4n) is 3.64. The molecule has 1 heterocycles.